The summed E-state index contributed by atoms with van der Waals surface area (Å²) in [5, 5.41) is 0. The predicted octanol–water partition coefficient (Wildman–Crippen LogP) is 1.88. The van der Waals surface area contributed by atoms with Crippen molar-refractivity contribution in [2.75, 3.05) is 5.73 Å². The summed E-state index contributed by atoms with van der Waals surface area (Å²) in [7, 11) is -3.36. The SMILES string of the molecule is CCC(C)(C)NS(=O)(=O)Cc1ccccc1N. The molecule has 0 unspecified atom stereocenters. The van der Waals surface area contributed by atoms with E-state index in [1.807, 2.05) is 20.8 Å². The Kier molecular flexibility index (Phi) is 4.16. The second kappa shape index (κ2) is 5.06. The van der Waals surface area contributed by atoms with E-state index in [1.165, 1.54) is 0 Å². The first-order valence-electron chi connectivity index (χ1n) is 5.61. The van der Waals surface area contributed by atoms with Crippen molar-refractivity contribution in [2.45, 2.75) is 38.5 Å². The molecule has 0 aliphatic carbocycles. The lowest BCUT2D eigenvalue weighted by molar-refractivity contribution is 0.439. The number of para-hydroxylation sites is 1. The van der Waals surface area contributed by atoms with Gasteiger partial charge in [-0.1, -0.05) is 25.1 Å². The molecule has 0 saturated carbocycles. The molecule has 0 aliphatic heterocycles. The van der Waals surface area contributed by atoms with E-state index in [2.05, 4.69) is 4.72 Å². The van der Waals surface area contributed by atoms with E-state index in [-0.39, 0.29) is 5.75 Å². The molecular formula is C12H20N2O2S. The van der Waals surface area contributed by atoms with Gasteiger partial charge in [-0.3, -0.25) is 0 Å². The molecule has 0 amide bonds. The lowest BCUT2D eigenvalue weighted by Crippen LogP contribution is -2.43. The summed E-state index contributed by atoms with van der Waals surface area (Å²) in [6.45, 7) is 5.66. The van der Waals surface area contributed by atoms with Crippen LogP contribution >= 0.6 is 0 Å². The van der Waals surface area contributed by atoms with Crippen molar-refractivity contribution in [1.82, 2.24) is 4.72 Å². The summed E-state index contributed by atoms with van der Waals surface area (Å²) in [5.74, 6) is -0.0803. The van der Waals surface area contributed by atoms with E-state index in [0.717, 1.165) is 6.42 Å². The Hall–Kier alpha value is -1.07. The molecule has 0 atom stereocenters. The van der Waals surface area contributed by atoms with Crippen LogP contribution in [0.25, 0.3) is 0 Å². The van der Waals surface area contributed by atoms with Gasteiger partial charge in [0.1, 0.15) is 0 Å². The third kappa shape index (κ3) is 4.36. The van der Waals surface area contributed by atoms with Crippen molar-refractivity contribution in [2.24, 2.45) is 0 Å². The molecule has 0 saturated heterocycles. The van der Waals surface area contributed by atoms with Gasteiger partial charge >= 0.3 is 0 Å². The molecule has 0 bridgehead atoms. The van der Waals surface area contributed by atoms with Gasteiger partial charge < -0.3 is 5.73 Å². The minimum Gasteiger partial charge on any atom is -0.398 e. The number of hydrogen-bond donors (Lipinski definition) is 2. The average molecular weight is 256 g/mol. The Morgan fingerprint density at radius 2 is 1.88 bits per heavy atom. The monoisotopic (exact) mass is 256 g/mol. The highest BCUT2D eigenvalue weighted by Gasteiger charge is 2.23. The van der Waals surface area contributed by atoms with Crippen LogP contribution in [0, 0.1) is 0 Å². The van der Waals surface area contributed by atoms with Crippen LogP contribution in [-0.2, 0) is 15.8 Å². The van der Waals surface area contributed by atoms with Crippen LogP contribution in [0.15, 0.2) is 24.3 Å². The number of benzene rings is 1. The Morgan fingerprint density at radius 3 is 2.41 bits per heavy atom. The number of nitrogen functional groups attached to an aromatic ring is 1. The van der Waals surface area contributed by atoms with Gasteiger partial charge in [-0.25, -0.2) is 13.1 Å². The summed E-state index contributed by atoms with van der Waals surface area (Å²) in [6.07, 6.45) is 0.733. The zero-order valence-corrected chi connectivity index (χ0v) is 11.3. The first-order chi connectivity index (χ1) is 7.76. The Bertz CT molecular complexity index is 481. The molecular weight excluding hydrogens is 236 g/mol. The number of nitrogens with one attached hydrogen (secondary N) is 1. The highest BCUT2D eigenvalue weighted by molar-refractivity contribution is 7.88. The standard InChI is InChI=1S/C12H20N2O2S/c1-4-12(2,3)14-17(15,16)9-10-7-5-6-8-11(10)13/h5-8,14H,4,9,13H2,1-3H3. The zero-order valence-electron chi connectivity index (χ0n) is 10.5. The van der Waals surface area contributed by atoms with Crippen LogP contribution < -0.4 is 10.5 Å². The third-order valence-corrected chi connectivity index (χ3v) is 4.27. The molecule has 1 aromatic rings. The van der Waals surface area contributed by atoms with Gasteiger partial charge in [0.2, 0.25) is 10.0 Å². The van der Waals surface area contributed by atoms with Crippen LogP contribution in [-0.4, -0.2) is 14.0 Å². The maximum Gasteiger partial charge on any atom is 0.216 e. The van der Waals surface area contributed by atoms with E-state index < -0.39 is 15.6 Å². The van der Waals surface area contributed by atoms with E-state index in [1.54, 1.807) is 24.3 Å². The molecule has 0 heterocycles. The summed E-state index contributed by atoms with van der Waals surface area (Å²) < 4.78 is 26.6. The second-order valence-electron chi connectivity index (χ2n) is 4.80. The molecule has 1 rings (SSSR count). The molecule has 1 aromatic carbocycles. The van der Waals surface area contributed by atoms with Gasteiger partial charge in [-0.15, -0.1) is 0 Å². The molecule has 0 spiro atoms. The molecule has 3 N–H and O–H groups in total. The van der Waals surface area contributed by atoms with Crippen molar-refractivity contribution >= 4 is 15.7 Å². The molecule has 0 aliphatic rings. The quantitative estimate of drug-likeness (QED) is 0.790. The van der Waals surface area contributed by atoms with Crippen molar-refractivity contribution in [1.29, 1.82) is 0 Å². The molecule has 0 radical (unpaired) electrons. The normalized spacial score (nSPS) is 12.6. The number of sulfonamides is 1. The maximum absolute atomic E-state index is 12.0. The first-order valence-corrected chi connectivity index (χ1v) is 7.26. The van der Waals surface area contributed by atoms with Crippen molar-refractivity contribution in [3.8, 4) is 0 Å². The highest BCUT2D eigenvalue weighted by Crippen LogP contribution is 2.16. The van der Waals surface area contributed by atoms with Crippen LogP contribution in [0.3, 0.4) is 0 Å². The predicted molar refractivity (Wildman–Crippen MR) is 71.0 cm³/mol. The highest BCUT2D eigenvalue weighted by atomic mass is 32.2. The van der Waals surface area contributed by atoms with Crippen molar-refractivity contribution < 1.29 is 8.42 Å². The maximum atomic E-state index is 12.0. The minimum absolute atomic E-state index is 0.0803. The van der Waals surface area contributed by atoms with Crippen LogP contribution in [0.4, 0.5) is 5.69 Å². The van der Waals surface area contributed by atoms with Crippen molar-refractivity contribution in [3.63, 3.8) is 0 Å². The summed E-state index contributed by atoms with van der Waals surface area (Å²) in [6, 6.07) is 7.00. The topological polar surface area (TPSA) is 72.2 Å². The largest absolute Gasteiger partial charge is 0.398 e. The number of anilines is 1. The molecule has 4 nitrogen and oxygen atoms in total. The van der Waals surface area contributed by atoms with Gasteiger partial charge in [-0.2, -0.15) is 0 Å². The zero-order chi connectivity index (χ0) is 13.1. The average Bonchev–Trinajstić information content (AvgIpc) is 2.20. The van der Waals surface area contributed by atoms with Crippen LogP contribution in [0.2, 0.25) is 0 Å². The smallest absolute Gasteiger partial charge is 0.216 e. The van der Waals surface area contributed by atoms with E-state index >= 15 is 0 Å². The molecule has 0 aromatic heterocycles. The van der Waals surface area contributed by atoms with Crippen LogP contribution in [0.5, 0.6) is 0 Å². The summed E-state index contributed by atoms with van der Waals surface area (Å²) in [4.78, 5) is 0. The number of rotatable bonds is 5. The van der Waals surface area contributed by atoms with E-state index in [0.29, 0.717) is 11.3 Å². The van der Waals surface area contributed by atoms with E-state index in [4.69, 9.17) is 5.73 Å². The van der Waals surface area contributed by atoms with Gasteiger partial charge in [0.15, 0.2) is 0 Å². The summed E-state index contributed by atoms with van der Waals surface area (Å²) >= 11 is 0. The number of hydrogen-bond acceptors (Lipinski definition) is 3. The van der Waals surface area contributed by atoms with Gasteiger partial charge in [0, 0.05) is 11.2 Å². The molecule has 5 heteroatoms. The Morgan fingerprint density at radius 1 is 1.29 bits per heavy atom. The lowest BCUT2D eigenvalue weighted by Gasteiger charge is -2.24. The lowest BCUT2D eigenvalue weighted by atomic mass is 10.0. The van der Waals surface area contributed by atoms with Crippen LogP contribution in [0.1, 0.15) is 32.8 Å². The van der Waals surface area contributed by atoms with Crippen molar-refractivity contribution in [3.05, 3.63) is 29.8 Å². The molecule has 17 heavy (non-hydrogen) atoms. The fourth-order valence-electron chi connectivity index (χ4n) is 1.40. The molecule has 0 fully saturated rings. The Balaban J connectivity index is 2.85. The number of nitrogens with two attached hydrogens (primary N) is 1. The van der Waals surface area contributed by atoms with Gasteiger partial charge in [0.05, 0.1) is 5.75 Å². The third-order valence-electron chi connectivity index (χ3n) is 2.72. The first kappa shape index (κ1) is 14.0. The fourth-order valence-corrected chi connectivity index (χ4v) is 3.13. The summed E-state index contributed by atoms with van der Waals surface area (Å²) in [5.41, 5.74) is 6.44. The van der Waals surface area contributed by atoms with Gasteiger partial charge in [-0.05, 0) is 31.9 Å². The minimum atomic E-state index is -3.36. The second-order valence-corrected chi connectivity index (χ2v) is 6.52. The molecule has 96 valence electrons. The van der Waals surface area contributed by atoms with E-state index in [9.17, 15) is 8.42 Å². The van der Waals surface area contributed by atoms with Gasteiger partial charge in [0.25, 0.3) is 0 Å². The fraction of sp³-hybridized carbons (Fsp3) is 0.500. The Labute approximate surface area is 103 Å².